The van der Waals surface area contributed by atoms with Crippen molar-refractivity contribution in [2.75, 3.05) is 4.90 Å². The average Bonchev–Trinajstić information content (AvgIpc) is 3.37. The van der Waals surface area contributed by atoms with Gasteiger partial charge in [-0.3, -0.25) is 24.6 Å². The summed E-state index contributed by atoms with van der Waals surface area (Å²) < 4.78 is 5.92. The van der Waals surface area contributed by atoms with Crippen LogP contribution >= 0.6 is 11.3 Å². The van der Waals surface area contributed by atoms with Crippen LogP contribution in [0.25, 0.3) is 11.0 Å². The molecular formula is C23H18N4O5S. The lowest BCUT2D eigenvalue weighted by molar-refractivity contribution is -0.384. The lowest BCUT2D eigenvalue weighted by atomic mass is 9.98. The molecule has 5 rings (SSSR count). The number of fused-ring (bicyclic) bond motifs is 2. The van der Waals surface area contributed by atoms with Crippen molar-refractivity contribution in [1.82, 2.24) is 10.2 Å². The summed E-state index contributed by atoms with van der Waals surface area (Å²) in [5, 5.41) is 21.2. The van der Waals surface area contributed by atoms with Gasteiger partial charge in [-0.2, -0.15) is 0 Å². The first-order chi connectivity index (χ1) is 15.9. The number of rotatable bonds is 5. The normalized spacial score (nSPS) is 15.3. The maximum atomic E-state index is 13.6. The summed E-state index contributed by atoms with van der Waals surface area (Å²) in [6, 6.07) is 10.2. The van der Waals surface area contributed by atoms with Gasteiger partial charge in [0.1, 0.15) is 10.6 Å². The Morgan fingerprint density at radius 1 is 1.18 bits per heavy atom. The second kappa shape index (κ2) is 7.89. The minimum atomic E-state index is -0.920. The summed E-state index contributed by atoms with van der Waals surface area (Å²) in [6.45, 7) is 3.87. The number of carbonyl (C=O) groups is 1. The van der Waals surface area contributed by atoms with Crippen LogP contribution in [0.3, 0.4) is 0 Å². The second-order valence-electron chi connectivity index (χ2n) is 7.83. The number of anilines is 1. The fourth-order valence-electron chi connectivity index (χ4n) is 4.06. The molecular weight excluding hydrogens is 444 g/mol. The molecule has 33 heavy (non-hydrogen) atoms. The van der Waals surface area contributed by atoms with Crippen LogP contribution < -0.4 is 10.3 Å². The third-order valence-corrected chi connectivity index (χ3v) is 6.53. The van der Waals surface area contributed by atoms with E-state index >= 15 is 0 Å². The van der Waals surface area contributed by atoms with Crippen LogP contribution in [0.2, 0.25) is 0 Å². The van der Waals surface area contributed by atoms with E-state index in [4.69, 9.17) is 4.42 Å². The fourth-order valence-corrected chi connectivity index (χ4v) is 5.03. The van der Waals surface area contributed by atoms with Crippen LogP contribution in [-0.4, -0.2) is 21.0 Å². The van der Waals surface area contributed by atoms with Gasteiger partial charge >= 0.3 is 0 Å². The number of nitro benzene ring substituents is 1. The van der Waals surface area contributed by atoms with Crippen LogP contribution in [0.5, 0.6) is 0 Å². The van der Waals surface area contributed by atoms with Crippen molar-refractivity contribution in [3.05, 3.63) is 90.3 Å². The van der Waals surface area contributed by atoms with Gasteiger partial charge in [0.25, 0.3) is 11.6 Å². The van der Waals surface area contributed by atoms with Gasteiger partial charge in [-0.05, 0) is 31.0 Å². The molecule has 0 fully saturated rings. The zero-order valence-electron chi connectivity index (χ0n) is 17.8. The molecule has 0 aliphatic carbocycles. The molecule has 1 amide bonds. The Kier molecular flexibility index (Phi) is 5.01. The molecule has 2 aromatic heterocycles. The lowest BCUT2D eigenvalue weighted by Crippen LogP contribution is -2.29. The Morgan fingerprint density at radius 2 is 2.00 bits per heavy atom. The SMILES string of the molecule is CCCc1nnc(N2C(=O)c3oc4ccc(C)cc4c(=O)c3C2c2cccc([N+](=O)[O-])c2)s1. The van der Waals surface area contributed by atoms with Gasteiger partial charge in [0.15, 0.2) is 5.43 Å². The molecule has 0 spiro atoms. The van der Waals surface area contributed by atoms with Gasteiger partial charge < -0.3 is 4.42 Å². The molecule has 3 heterocycles. The van der Waals surface area contributed by atoms with E-state index in [1.165, 1.54) is 34.4 Å². The lowest BCUT2D eigenvalue weighted by Gasteiger charge is -2.21. The van der Waals surface area contributed by atoms with Crippen molar-refractivity contribution in [3.63, 3.8) is 0 Å². The zero-order valence-corrected chi connectivity index (χ0v) is 18.6. The minimum Gasteiger partial charge on any atom is -0.450 e. The molecule has 1 aliphatic rings. The summed E-state index contributed by atoms with van der Waals surface area (Å²) in [6.07, 6.45) is 1.57. The van der Waals surface area contributed by atoms with Crippen LogP contribution in [-0.2, 0) is 6.42 Å². The van der Waals surface area contributed by atoms with Crippen LogP contribution in [0, 0.1) is 17.0 Å². The van der Waals surface area contributed by atoms with Crippen LogP contribution in [0.15, 0.2) is 51.7 Å². The molecule has 1 unspecified atom stereocenters. The summed E-state index contributed by atoms with van der Waals surface area (Å²) in [7, 11) is 0. The molecule has 2 aromatic carbocycles. The van der Waals surface area contributed by atoms with E-state index in [0.29, 0.717) is 28.1 Å². The highest BCUT2D eigenvalue weighted by Gasteiger charge is 2.45. The Hall–Kier alpha value is -3.92. The van der Waals surface area contributed by atoms with E-state index in [0.717, 1.165) is 17.0 Å². The van der Waals surface area contributed by atoms with E-state index in [2.05, 4.69) is 10.2 Å². The van der Waals surface area contributed by atoms with E-state index < -0.39 is 16.9 Å². The number of non-ortho nitro benzene ring substituents is 1. The number of amides is 1. The fraction of sp³-hybridized carbons (Fsp3) is 0.217. The quantitative estimate of drug-likeness (QED) is 0.315. The highest BCUT2D eigenvalue weighted by Crippen LogP contribution is 2.42. The monoisotopic (exact) mass is 462 g/mol. The molecule has 0 radical (unpaired) electrons. The summed E-state index contributed by atoms with van der Waals surface area (Å²) in [5.74, 6) is -0.611. The number of nitro groups is 1. The van der Waals surface area contributed by atoms with Gasteiger partial charge in [0.05, 0.1) is 21.9 Å². The first kappa shape index (κ1) is 21.0. The summed E-state index contributed by atoms with van der Waals surface area (Å²) in [4.78, 5) is 39.4. The summed E-state index contributed by atoms with van der Waals surface area (Å²) in [5.41, 5.74) is 1.25. The van der Waals surface area contributed by atoms with E-state index in [1.54, 1.807) is 24.3 Å². The van der Waals surface area contributed by atoms with Gasteiger partial charge in [0.2, 0.25) is 10.9 Å². The van der Waals surface area contributed by atoms with E-state index in [1.807, 2.05) is 13.8 Å². The Morgan fingerprint density at radius 3 is 2.76 bits per heavy atom. The number of hydrogen-bond donors (Lipinski definition) is 0. The highest BCUT2D eigenvalue weighted by molar-refractivity contribution is 7.15. The average molecular weight is 462 g/mol. The topological polar surface area (TPSA) is 119 Å². The van der Waals surface area contributed by atoms with Gasteiger partial charge in [0, 0.05) is 18.6 Å². The number of benzene rings is 2. The van der Waals surface area contributed by atoms with Crippen LogP contribution in [0.4, 0.5) is 10.8 Å². The predicted octanol–water partition coefficient (Wildman–Crippen LogP) is 4.56. The van der Waals surface area contributed by atoms with Crippen molar-refractivity contribution in [2.45, 2.75) is 32.7 Å². The maximum absolute atomic E-state index is 13.6. The van der Waals surface area contributed by atoms with Gasteiger partial charge in [-0.1, -0.05) is 42.0 Å². The Bertz CT molecular complexity index is 1490. The van der Waals surface area contributed by atoms with Crippen molar-refractivity contribution < 1.29 is 14.1 Å². The first-order valence-electron chi connectivity index (χ1n) is 10.4. The van der Waals surface area contributed by atoms with Crippen LogP contribution in [0.1, 0.15) is 51.6 Å². The number of carbonyl (C=O) groups excluding carboxylic acids is 1. The maximum Gasteiger partial charge on any atom is 0.297 e. The van der Waals surface area contributed by atoms with Gasteiger partial charge in [-0.25, -0.2) is 0 Å². The van der Waals surface area contributed by atoms with Crippen molar-refractivity contribution >= 4 is 39.0 Å². The predicted molar refractivity (Wildman–Crippen MR) is 123 cm³/mol. The Balaban J connectivity index is 1.78. The zero-order chi connectivity index (χ0) is 23.3. The largest absolute Gasteiger partial charge is 0.450 e. The highest BCUT2D eigenvalue weighted by atomic mass is 32.1. The molecule has 4 aromatic rings. The number of aromatic nitrogens is 2. The number of nitrogens with zero attached hydrogens (tertiary/aromatic N) is 4. The van der Waals surface area contributed by atoms with Crippen molar-refractivity contribution in [2.24, 2.45) is 0 Å². The third-order valence-electron chi connectivity index (χ3n) is 5.55. The molecule has 0 bridgehead atoms. The minimum absolute atomic E-state index is 0.0832. The molecule has 9 nitrogen and oxygen atoms in total. The smallest absolute Gasteiger partial charge is 0.297 e. The standard InChI is InChI=1S/C23H18N4O5S/c1-3-5-17-24-25-23(33-17)26-19(13-6-4-7-14(11-13)27(30)31)18-20(28)15-10-12(2)8-9-16(15)32-21(18)22(26)29/h4,6-11,19H,3,5H2,1-2H3. The number of hydrogen-bond acceptors (Lipinski definition) is 8. The molecule has 0 saturated carbocycles. The molecule has 1 aliphatic heterocycles. The third kappa shape index (κ3) is 3.39. The Labute approximate surface area is 191 Å². The van der Waals surface area contributed by atoms with Crippen molar-refractivity contribution in [3.8, 4) is 0 Å². The number of aryl methyl sites for hydroxylation is 2. The second-order valence-corrected chi connectivity index (χ2v) is 8.87. The molecule has 1 atom stereocenters. The molecule has 10 heteroatoms. The van der Waals surface area contributed by atoms with Crippen molar-refractivity contribution in [1.29, 1.82) is 0 Å². The van der Waals surface area contributed by atoms with E-state index in [9.17, 15) is 19.7 Å². The van der Waals surface area contributed by atoms with E-state index in [-0.39, 0.29) is 22.4 Å². The molecule has 0 N–H and O–H groups in total. The molecule has 0 saturated heterocycles. The molecule has 166 valence electrons. The summed E-state index contributed by atoms with van der Waals surface area (Å²) >= 11 is 1.26. The van der Waals surface area contributed by atoms with Gasteiger partial charge in [-0.15, -0.1) is 10.2 Å². The first-order valence-corrected chi connectivity index (χ1v) is 11.2.